The summed E-state index contributed by atoms with van der Waals surface area (Å²) in [6, 6.07) is 0. The fourth-order valence-electron chi connectivity index (χ4n) is 0.698. The van der Waals surface area contributed by atoms with Gasteiger partial charge in [0.05, 0.1) is 6.54 Å². The van der Waals surface area contributed by atoms with Crippen molar-refractivity contribution in [3.63, 3.8) is 0 Å². The number of nitriles is 1. The Labute approximate surface area is 64.9 Å². The van der Waals surface area contributed by atoms with E-state index in [9.17, 15) is 0 Å². The number of rotatable bonds is 2. The lowest BCUT2D eigenvalue weighted by atomic mass is 10.5. The first-order chi connectivity index (χ1) is 5.24. The molecule has 58 valence electrons. The van der Waals surface area contributed by atoms with Crippen molar-refractivity contribution in [1.29, 1.82) is 5.26 Å². The van der Waals surface area contributed by atoms with Crippen LogP contribution in [0.3, 0.4) is 0 Å². The van der Waals surface area contributed by atoms with Crippen molar-refractivity contribution in [3.8, 4) is 6.19 Å². The quantitative estimate of drug-likeness (QED) is 0.431. The average molecular weight is 151 g/mol. The highest BCUT2D eigenvalue weighted by Gasteiger charge is 2.01. The van der Waals surface area contributed by atoms with Crippen molar-refractivity contribution in [2.45, 2.75) is 6.54 Å². The molecule has 11 heavy (non-hydrogen) atoms. The molecule has 0 unspecified atom stereocenters. The van der Waals surface area contributed by atoms with Crippen LogP contribution < -0.4 is 0 Å². The van der Waals surface area contributed by atoms with E-state index >= 15 is 0 Å². The molecule has 0 saturated carbocycles. The molecule has 5 heteroatoms. The first kappa shape index (κ1) is 7.54. The zero-order valence-corrected chi connectivity index (χ0v) is 6.52. The number of hydrogen-bond donors (Lipinski definition) is 0. The minimum Gasteiger partial charge on any atom is -0.319 e. The van der Waals surface area contributed by atoms with Gasteiger partial charge in [0.15, 0.2) is 12.0 Å². The molecular formula is C6H9N5. The molecule has 0 aromatic carbocycles. The molecule has 0 atom stereocenters. The summed E-state index contributed by atoms with van der Waals surface area (Å²) in [5.74, 6) is 0.786. The van der Waals surface area contributed by atoms with Crippen LogP contribution in [-0.2, 0) is 13.6 Å². The van der Waals surface area contributed by atoms with Crippen LogP contribution in [0, 0.1) is 11.5 Å². The van der Waals surface area contributed by atoms with Gasteiger partial charge in [-0.25, -0.2) is 0 Å². The van der Waals surface area contributed by atoms with Crippen LogP contribution in [0.15, 0.2) is 6.33 Å². The SMILES string of the molecule is CN(C#N)Cc1nncn1C. The van der Waals surface area contributed by atoms with Crippen molar-refractivity contribution >= 4 is 0 Å². The molecule has 0 N–H and O–H groups in total. The van der Waals surface area contributed by atoms with E-state index in [1.54, 1.807) is 17.9 Å². The summed E-state index contributed by atoms with van der Waals surface area (Å²) < 4.78 is 1.79. The Kier molecular flexibility index (Phi) is 2.06. The Morgan fingerprint density at radius 3 is 3.00 bits per heavy atom. The fourth-order valence-corrected chi connectivity index (χ4v) is 0.698. The van der Waals surface area contributed by atoms with Crippen LogP contribution in [0.1, 0.15) is 5.82 Å². The standard InChI is InChI=1S/C6H9N5/c1-10(4-7)3-6-9-8-5-11(6)2/h5H,3H2,1-2H3. The molecule has 0 aliphatic heterocycles. The van der Waals surface area contributed by atoms with Gasteiger partial charge < -0.3 is 9.47 Å². The average Bonchev–Trinajstić information content (AvgIpc) is 2.37. The van der Waals surface area contributed by atoms with Crippen LogP contribution in [0.25, 0.3) is 0 Å². The monoisotopic (exact) mass is 151 g/mol. The summed E-state index contributed by atoms with van der Waals surface area (Å²) >= 11 is 0. The predicted molar refractivity (Wildman–Crippen MR) is 38.1 cm³/mol. The van der Waals surface area contributed by atoms with Crippen molar-refractivity contribution in [1.82, 2.24) is 19.7 Å². The molecule has 0 radical (unpaired) electrons. The van der Waals surface area contributed by atoms with Crippen LogP contribution in [0.4, 0.5) is 0 Å². The van der Waals surface area contributed by atoms with E-state index in [-0.39, 0.29) is 0 Å². The minimum absolute atomic E-state index is 0.507. The van der Waals surface area contributed by atoms with E-state index < -0.39 is 0 Å². The lowest BCUT2D eigenvalue weighted by Gasteiger charge is -2.06. The molecule has 0 amide bonds. The molecule has 1 aromatic heterocycles. The molecular weight excluding hydrogens is 142 g/mol. The smallest absolute Gasteiger partial charge is 0.179 e. The van der Waals surface area contributed by atoms with Gasteiger partial charge in [0.25, 0.3) is 0 Å². The van der Waals surface area contributed by atoms with Gasteiger partial charge in [-0.15, -0.1) is 10.2 Å². The van der Waals surface area contributed by atoms with Gasteiger partial charge in [-0.05, 0) is 0 Å². The van der Waals surface area contributed by atoms with E-state index in [4.69, 9.17) is 5.26 Å². The zero-order chi connectivity index (χ0) is 8.27. The largest absolute Gasteiger partial charge is 0.319 e. The molecule has 0 aliphatic carbocycles. The minimum atomic E-state index is 0.507. The topological polar surface area (TPSA) is 57.7 Å². The molecule has 1 heterocycles. The van der Waals surface area contributed by atoms with Crippen LogP contribution in [0.2, 0.25) is 0 Å². The number of aromatic nitrogens is 3. The normalized spacial score (nSPS) is 9.18. The molecule has 0 bridgehead atoms. The Bertz CT molecular complexity index is 271. The summed E-state index contributed by atoms with van der Waals surface area (Å²) in [6.07, 6.45) is 3.59. The first-order valence-electron chi connectivity index (χ1n) is 3.18. The maximum Gasteiger partial charge on any atom is 0.179 e. The highest BCUT2D eigenvalue weighted by Crippen LogP contribution is 1.94. The highest BCUT2D eigenvalue weighted by molar-refractivity contribution is 4.86. The second-order valence-electron chi connectivity index (χ2n) is 2.31. The van der Waals surface area contributed by atoms with Gasteiger partial charge in [-0.2, -0.15) is 5.26 Å². The van der Waals surface area contributed by atoms with E-state index in [0.717, 1.165) is 5.82 Å². The lowest BCUT2D eigenvalue weighted by molar-refractivity contribution is 0.445. The van der Waals surface area contributed by atoms with E-state index in [1.165, 1.54) is 4.90 Å². The maximum atomic E-state index is 8.44. The third-order valence-corrected chi connectivity index (χ3v) is 1.35. The van der Waals surface area contributed by atoms with Gasteiger partial charge in [-0.3, -0.25) is 0 Å². The summed E-state index contributed by atoms with van der Waals surface area (Å²) in [6.45, 7) is 0.507. The van der Waals surface area contributed by atoms with Crippen molar-refractivity contribution in [2.24, 2.45) is 7.05 Å². The van der Waals surface area contributed by atoms with Gasteiger partial charge in [0.1, 0.15) is 6.33 Å². The summed E-state index contributed by atoms with van der Waals surface area (Å²) in [5.41, 5.74) is 0. The Morgan fingerprint density at radius 1 is 1.82 bits per heavy atom. The summed E-state index contributed by atoms with van der Waals surface area (Å²) in [5, 5.41) is 16.0. The van der Waals surface area contributed by atoms with Gasteiger partial charge >= 0.3 is 0 Å². The van der Waals surface area contributed by atoms with Crippen molar-refractivity contribution in [2.75, 3.05) is 7.05 Å². The second kappa shape index (κ2) is 3.01. The Morgan fingerprint density at radius 2 is 2.55 bits per heavy atom. The number of nitrogens with zero attached hydrogens (tertiary/aromatic N) is 5. The summed E-state index contributed by atoms with van der Waals surface area (Å²) in [4.78, 5) is 1.49. The lowest BCUT2D eigenvalue weighted by Crippen LogP contribution is -2.13. The van der Waals surface area contributed by atoms with Crippen molar-refractivity contribution < 1.29 is 0 Å². The van der Waals surface area contributed by atoms with E-state index in [1.807, 2.05) is 13.2 Å². The molecule has 1 aromatic rings. The number of aryl methyl sites for hydroxylation is 1. The summed E-state index contributed by atoms with van der Waals surface area (Å²) in [7, 11) is 3.55. The predicted octanol–water partition coefficient (Wildman–Crippen LogP) is -0.272. The van der Waals surface area contributed by atoms with E-state index in [2.05, 4.69) is 10.2 Å². The first-order valence-corrected chi connectivity index (χ1v) is 3.18. The van der Waals surface area contributed by atoms with Gasteiger partial charge in [-0.1, -0.05) is 0 Å². The van der Waals surface area contributed by atoms with Gasteiger partial charge in [0.2, 0.25) is 0 Å². The van der Waals surface area contributed by atoms with Gasteiger partial charge in [0, 0.05) is 14.1 Å². The maximum absolute atomic E-state index is 8.44. The fraction of sp³-hybridized carbons (Fsp3) is 0.500. The molecule has 0 spiro atoms. The Hall–Kier alpha value is -1.57. The highest BCUT2D eigenvalue weighted by atomic mass is 15.3. The van der Waals surface area contributed by atoms with Crippen LogP contribution in [-0.4, -0.2) is 26.7 Å². The molecule has 5 nitrogen and oxygen atoms in total. The number of hydrogen-bond acceptors (Lipinski definition) is 4. The van der Waals surface area contributed by atoms with Crippen LogP contribution >= 0.6 is 0 Å². The zero-order valence-electron chi connectivity index (χ0n) is 6.52. The van der Waals surface area contributed by atoms with Crippen molar-refractivity contribution in [3.05, 3.63) is 12.2 Å². The molecule has 0 aliphatic rings. The third-order valence-electron chi connectivity index (χ3n) is 1.35. The Balaban J connectivity index is 2.66. The van der Waals surface area contributed by atoms with Crippen LogP contribution in [0.5, 0.6) is 0 Å². The van der Waals surface area contributed by atoms with E-state index in [0.29, 0.717) is 6.54 Å². The second-order valence-corrected chi connectivity index (χ2v) is 2.31. The molecule has 1 rings (SSSR count). The molecule has 0 saturated heterocycles. The molecule has 0 fully saturated rings. The third kappa shape index (κ3) is 1.67.